The summed E-state index contributed by atoms with van der Waals surface area (Å²) in [4.78, 5) is 0. The number of rotatable bonds is 18. The molecule has 0 atom stereocenters. The van der Waals surface area contributed by atoms with E-state index in [-0.39, 0.29) is 0 Å². The molecule has 0 saturated heterocycles. The second kappa shape index (κ2) is 16.5. The smallest absolute Gasteiger partial charge is 0.164 e. The van der Waals surface area contributed by atoms with E-state index in [2.05, 4.69) is 0 Å². The highest BCUT2D eigenvalue weighted by molar-refractivity contribution is 5.50. The molecular weight excluding hydrogens is 352 g/mol. The number of methoxy groups -OCH3 is 3. The molecule has 1 aromatic carbocycles. The van der Waals surface area contributed by atoms with Crippen molar-refractivity contribution in [2.24, 2.45) is 0 Å². The Morgan fingerprint density at radius 1 is 0.536 bits per heavy atom. The molecule has 1 N–H and O–H groups in total. The minimum atomic E-state index is 0.349. The van der Waals surface area contributed by atoms with E-state index in [0.29, 0.717) is 12.4 Å². The Morgan fingerprint density at radius 3 is 1.36 bits per heavy atom. The third-order valence-corrected chi connectivity index (χ3v) is 5.39. The van der Waals surface area contributed by atoms with Crippen molar-refractivity contribution in [2.45, 2.75) is 89.9 Å². The Labute approximate surface area is 172 Å². The van der Waals surface area contributed by atoms with Crippen LogP contribution in [0.2, 0.25) is 0 Å². The molecule has 0 amide bonds. The molecule has 4 nitrogen and oxygen atoms in total. The third-order valence-electron chi connectivity index (χ3n) is 5.39. The molecule has 0 spiro atoms. The molecule has 162 valence electrons. The molecule has 0 saturated carbocycles. The SMILES string of the molecule is COc1cc(OC)c(OC)cc1CCCCCCCCCCCCCCCO. The van der Waals surface area contributed by atoms with Crippen molar-refractivity contribution < 1.29 is 19.3 Å². The van der Waals surface area contributed by atoms with Crippen molar-refractivity contribution >= 4 is 0 Å². The molecule has 0 unspecified atom stereocenters. The van der Waals surface area contributed by atoms with Crippen molar-refractivity contribution in [1.29, 1.82) is 0 Å². The Balaban J connectivity index is 2.07. The topological polar surface area (TPSA) is 47.9 Å². The molecule has 0 bridgehead atoms. The summed E-state index contributed by atoms with van der Waals surface area (Å²) in [5.41, 5.74) is 1.19. The fourth-order valence-electron chi connectivity index (χ4n) is 3.66. The van der Waals surface area contributed by atoms with Crippen molar-refractivity contribution in [1.82, 2.24) is 0 Å². The molecule has 1 rings (SSSR count). The van der Waals surface area contributed by atoms with E-state index in [1.165, 1.54) is 82.6 Å². The molecule has 0 heterocycles. The zero-order valence-electron chi connectivity index (χ0n) is 18.4. The molecule has 0 fully saturated rings. The zero-order valence-corrected chi connectivity index (χ0v) is 18.4. The summed E-state index contributed by atoms with van der Waals surface area (Å²) in [5, 5.41) is 8.75. The summed E-state index contributed by atoms with van der Waals surface area (Å²) in [6.07, 6.45) is 17.7. The third kappa shape index (κ3) is 10.2. The van der Waals surface area contributed by atoms with E-state index in [1.807, 2.05) is 12.1 Å². The van der Waals surface area contributed by atoms with Gasteiger partial charge in [0.2, 0.25) is 0 Å². The highest BCUT2D eigenvalue weighted by atomic mass is 16.5. The van der Waals surface area contributed by atoms with Crippen LogP contribution in [0.4, 0.5) is 0 Å². The predicted molar refractivity (Wildman–Crippen MR) is 117 cm³/mol. The van der Waals surface area contributed by atoms with Gasteiger partial charge in [-0.15, -0.1) is 0 Å². The van der Waals surface area contributed by atoms with E-state index in [1.54, 1.807) is 21.3 Å². The Hall–Kier alpha value is -1.42. The molecule has 28 heavy (non-hydrogen) atoms. The zero-order chi connectivity index (χ0) is 20.5. The van der Waals surface area contributed by atoms with Crippen LogP contribution in [-0.2, 0) is 6.42 Å². The van der Waals surface area contributed by atoms with Crippen molar-refractivity contribution in [2.75, 3.05) is 27.9 Å². The van der Waals surface area contributed by atoms with Crippen LogP contribution in [0.5, 0.6) is 17.2 Å². The number of aryl methyl sites for hydroxylation is 1. The maximum atomic E-state index is 8.75. The minimum absolute atomic E-state index is 0.349. The van der Waals surface area contributed by atoms with Gasteiger partial charge in [-0.2, -0.15) is 0 Å². The average Bonchev–Trinajstić information content (AvgIpc) is 2.73. The molecule has 4 heteroatoms. The first-order valence-corrected chi connectivity index (χ1v) is 11.2. The van der Waals surface area contributed by atoms with Crippen LogP contribution < -0.4 is 14.2 Å². The van der Waals surface area contributed by atoms with Gasteiger partial charge in [0.25, 0.3) is 0 Å². The van der Waals surface area contributed by atoms with Crippen LogP contribution in [0.3, 0.4) is 0 Å². The quantitative estimate of drug-likeness (QED) is 0.296. The van der Waals surface area contributed by atoms with Crippen LogP contribution in [0.25, 0.3) is 0 Å². The standard InChI is InChI=1S/C24H42O4/c1-26-22-20-24(28-3)23(27-2)19-21(22)17-15-13-11-9-7-5-4-6-8-10-12-14-16-18-25/h19-20,25H,4-18H2,1-3H3. The summed E-state index contributed by atoms with van der Waals surface area (Å²) in [6.45, 7) is 0.349. The number of unbranched alkanes of at least 4 members (excludes halogenated alkanes) is 12. The van der Waals surface area contributed by atoms with Gasteiger partial charge in [-0.1, -0.05) is 70.6 Å². The summed E-state index contributed by atoms with van der Waals surface area (Å²) in [7, 11) is 5.03. The second-order valence-corrected chi connectivity index (χ2v) is 7.59. The number of hydrogen-bond donors (Lipinski definition) is 1. The van der Waals surface area contributed by atoms with Gasteiger partial charge in [-0.05, 0) is 30.9 Å². The minimum Gasteiger partial charge on any atom is -0.496 e. The first kappa shape index (κ1) is 24.6. The fourth-order valence-corrected chi connectivity index (χ4v) is 3.66. The lowest BCUT2D eigenvalue weighted by atomic mass is 10.0. The van der Waals surface area contributed by atoms with Gasteiger partial charge in [-0.25, -0.2) is 0 Å². The summed E-state index contributed by atoms with van der Waals surface area (Å²) in [6, 6.07) is 3.96. The monoisotopic (exact) mass is 394 g/mol. The fraction of sp³-hybridized carbons (Fsp3) is 0.750. The van der Waals surface area contributed by atoms with E-state index in [0.717, 1.165) is 24.3 Å². The van der Waals surface area contributed by atoms with Gasteiger partial charge in [0.1, 0.15) is 5.75 Å². The largest absolute Gasteiger partial charge is 0.496 e. The average molecular weight is 395 g/mol. The Morgan fingerprint density at radius 2 is 0.929 bits per heavy atom. The lowest BCUT2D eigenvalue weighted by Gasteiger charge is -2.14. The molecular formula is C24H42O4. The van der Waals surface area contributed by atoms with E-state index < -0.39 is 0 Å². The van der Waals surface area contributed by atoms with Crippen molar-refractivity contribution in [3.8, 4) is 17.2 Å². The molecule has 0 aliphatic heterocycles. The Bertz CT molecular complexity index is 502. The van der Waals surface area contributed by atoms with Gasteiger partial charge in [0, 0.05) is 12.7 Å². The van der Waals surface area contributed by atoms with Crippen molar-refractivity contribution in [3.05, 3.63) is 17.7 Å². The number of aliphatic hydroxyl groups is 1. The van der Waals surface area contributed by atoms with Crippen LogP contribution in [0.15, 0.2) is 12.1 Å². The van der Waals surface area contributed by atoms with Gasteiger partial charge < -0.3 is 19.3 Å². The lowest BCUT2D eigenvalue weighted by Crippen LogP contribution is -1.97. The molecule has 1 aromatic rings. The number of aliphatic hydroxyl groups excluding tert-OH is 1. The predicted octanol–water partition coefficient (Wildman–Crippen LogP) is 6.32. The lowest BCUT2D eigenvalue weighted by molar-refractivity contribution is 0.282. The van der Waals surface area contributed by atoms with Gasteiger partial charge in [0.15, 0.2) is 11.5 Å². The second-order valence-electron chi connectivity index (χ2n) is 7.59. The molecule has 0 aromatic heterocycles. The van der Waals surface area contributed by atoms with Gasteiger partial charge in [0.05, 0.1) is 21.3 Å². The first-order valence-electron chi connectivity index (χ1n) is 11.2. The number of hydrogen-bond acceptors (Lipinski definition) is 4. The first-order chi connectivity index (χ1) is 13.8. The van der Waals surface area contributed by atoms with Crippen LogP contribution in [-0.4, -0.2) is 33.0 Å². The van der Waals surface area contributed by atoms with Gasteiger partial charge >= 0.3 is 0 Å². The summed E-state index contributed by atoms with van der Waals surface area (Å²) in [5.74, 6) is 2.37. The summed E-state index contributed by atoms with van der Waals surface area (Å²) < 4.78 is 16.3. The maximum Gasteiger partial charge on any atom is 0.164 e. The number of ether oxygens (including phenoxy) is 3. The van der Waals surface area contributed by atoms with Gasteiger partial charge in [-0.3, -0.25) is 0 Å². The summed E-state index contributed by atoms with van der Waals surface area (Å²) >= 11 is 0. The number of benzene rings is 1. The van der Waals surface area contributed by atoms with Crippen molar-refractivity contribution in [3.63, 3.8) is 0 Å². The highest BCUT2D eigenvalue weighted by Gasteiger charge is 2.11. The van der Waals surface area contributed by atoms with Crippen LogP contribution in [0, 0.1) is 0 Å². The van der Waals surface area contributed by atoms with Crippen LogP contribution >= 0.6 is 0 Å². The normalized spacial score (nSPS) is 10.9. The van der Waals surface area contributed by atoms with Crippen LogP contribution in [0.1, 0.15) is 89.0 Å². The highest BCUT2D eigenvalue weighted by Crippen LogP contribution is 2.35. The molecule has 0 radical (unpaired) electrons. The van der Waals surface area contributed by atoms with E-state index >= 15 is 0 Å². The molecule has 0 aliphatic rings. The maximum absolute atomic E-state index is 8.75. The molecule has 0 aliphatic carbocycles. The van der Waals surface area contributed by atoms with E-state index in [4.69, 9.17) is 19.3 Å². The Kier molecular flexibility index (Phi) is 14.5. The van der Waals surface area contributed by atoms with E-state index in [9.17, 15) is 0 Å².